The average molecular weight is 424 g/mol. The fourth-order valence-corrected chi connectivity index (χ4v) is 5.37. The summed E-state index contributed by atoms with van der Waals surface area (Å²) in [5.74, 6) is 0.837. The van der Waals surface area contributed by atoms with E-state index in [2.05, 4.69) is 17.1 Å². The SMILES string of the molecule is CCN(CC)S(=O)(=O)c1ccc(CCC(=O)NCCCN2CCCC(C)C2)cc1. The number of hydrogen-bond donors (Lipinski definition) is 1. The van der Waals surface area contributed by atoms with E-state index in [1.807, 2.05) is 13.8 Å². The highest BCUT2D eigenvalue weighted by Gasteiger charge is 2.21. The Bertz CT molecular complexity index is 730. The van der Waals surface area contributed by atoms with Gasteiger partial charge < -0.3 is 10.2 Å². The number of hydrogen-bond acceptors (Lipinski definition) is 4. The Morgan fingerprint density at radius 2 is 1.90 bits per heavy atom. The third-order valence-corrected chi connectivity index (χ3v) is 7.69. The maximum Gasteiger partial charge on any atom is 0.243 e. The van der Waals surface area contributed by atoms with Crippen molar-refractivity contribution in [2.75, 3.05) is 39.3 Å². The summed E-state index contributed by atoms with van der Waals surface area (Å²) < 4.78 is 26.5. The lowest BCUT2D eigenvalue weighted by Crippen LogP contribution is -2.36. The molecule has 0 saturated carbocycles. The molecule has 0 spiro atoms. The molecule has 2 rings (SSSR count). The number of nitrogens with one attached hydrogen (secondary N) is 1. The van der Waals surface area contributed by atoms with Crippen molar-refractivity contribution in [2.24, 2.45) is 5.92 Å². The van der Waals surface area contributed by atoms with E-state index >= 15 is 0 Å². The summed E-state index contributed by atoms with van der Waals surface area (Å²) in [5.41, 5.74) is 0.973. The van der Waals surface area contributed by atoms with E-state index in [1.54, 1.807) is 24.3 Å². The molecule has 1 aromatic rings. The van der Waals surface area contributed by atoms with Gasteiger partial charge in [0.1, 0.15) is 0 Å². The molecule has 1 fully saturated rings. The largest absolute Gasteiger partial charge is 0.356 e. The first kappa shape index (κ1) is 23.8. The van der Waals surface area contributed by atoms with Crippen LogP contribution in [0, 0.1) is 5.92 Å². The van der Waals surface area contributed by atoms with Crippen molar-refractivity contribution in [3.63, 3.8) is 0 Å². The summed E-state index contributed by atoms with van der Waals surface area (Å²) in [7, 11) is -3.43. The zero-order valence-electron chi connectivity index (χ0n) is 18.2. The molecule has 0 aromatic heterocycles. The van der Waals surface area contributed by atoms with Crippen molar-refractivity contribution in [3.8, 4) is 0 Å². The molecule has 1 N–H and O–H groups in total. The van der Waals surface area contributed by atoms with Gasteiger partial charge in [-0.2, -0.15) is 4.31 Å². The molecule has 164 valence electrons. The van der Waals surface area contributed by atoms with E-state index in [1.165, 1.54) is 30.2 Å². The molecule has 29 heavy (non-hydrogen) atoms. The Balaban J connectivity index is 1.70. The van der Waals surface area contributed by atoms with Gasteiger partial charge in [0.15, 0.2) is 0 Å². The molecule has 0 radical (unpaired) electrons. The van der Waals surface area contributed by atoms with Crippen LogP contribution in [0.3, 0.4) is 0 Å². The fraction of sp³-hybridized carbons (Fsp3) is 0.682. The molecule has 1 amide bonds. The second-order valence-corrected chi connectivity index (χ2v) is 9.92. The molecule has 0 bridgehead atoms. The minimum Gasteiger partial charge on any atom is -0.356 e. The Kier molecular flexibility index (Phi) is 9.59. The summed E-state index contributed by atoms with van der Waals surface area (Å²) in [6.45, 7) is 11.0. The third kappa shape index (κ3) is 7.39. The van der Waals surface area contributed by atoms with Gasteiger partial charge in [-0.05, 0) is 62.4 Å². The predicted molar refractivity (Wildman–Crippen MR) is 117 cm³/mol. The summed E-state index contributed by atoms with van der Waals surface area (Å²) >= 11 is 0. The molecule has 1 unspecified atom stereocenters. The van der Waals surface area contributed by atoms with Crippen molar-refractivity contribution in [1.29, 1.82) is 0 Å². The lowest BCUT2D eigenvalue weighted by molar-refractivity contribution is -0.121. The van der Waals surface area contributed by atoms with Gasteiger partial charge >= 0.3 is 0 Å². The van der Waals surface area contributed by atoms with E-state index in [-0.39, 0.29) is 5.91 Å². The van der Waals surface area contributed by atoms with Crippen LogP contribution in [0.2, 0.25) is 0 Å². The molecule has 1 atom stereocenters. The first-order chi connectivity index (χ1) is 13.9. The molecular weight excluding hydrogens is 386 g/mol. The smallest absolute Gasteiger partial charge is 0.243 e. The van der Waals surface area contributed by atoms with Crippen LogP contribution < -0.4 is 5.32 Å². The van der Waals surface area contributed by atoms with Crippen molar-refractivity contribution < 1.29 is 13.2 Å². The van der Waals surface area contributed by atoms with Gasteiger partial charge in [-0.15, -0.1) is 0 Å². The summed E-state index contributed by atoms with van der Waals surface area (Å²) in [4.78, 5) is 14.9. The molecular formula is C22H37N3O3S. The average Bonchev–Trinajstić information content (AvgIpc) is 2.71. The molecule has 1 saturated heterocycles. The van der Waals surface area contributed by atoms with Crippen molar-refractivity contribution in [2.45, 2.75) is 57.8 Å². The summed E-state index contributed by atoms with van der Waals surface area (Å²) in [6.07, 6.45) is 4.62. The maximum atomic E-state index is 12.5. The fourth-order valence-electron chi connectivity index (χ4n) is 3.91. The minimum atomic E-state index is -3.43. The van der Waals surface area contributed by atoms with Crippen LogP contribution in [-0.2, 0) is 21.2 Å². The number of carbonyl (C=O) groups is 1. The highest BCUT2D eigenvalue weighted by molar-refractivity contribution is 7.89. The van der Waals surface area contributed by atoms with E-state index in [4.69, 9.17) is 0 Å². The molecule has 6 nitrogen and oxygen atoms in total. The maximum absolute atomic E-state index is 12.5. The number of carbonyl (C=O) groups excluding carboxylic acids is 1. The molecule has 7 heteroatoms. The molecule has 1 heterocycles. The first-order valence-electron chi connectivity index (χ1n) is 10.9. The van der Waals surface area contributed by atoms with E-state index in [0.717, 1.165) is 24.4 Å². The van der Waals surface area contributed by atoms with Crippen LogP contribution in [0.25, 0.3) is 0 Å². The number of nitrogens with zero attached hydrogens (tertiary/aromatic N) is 2. The quantitative estimate of drug-likeness (QED) is 0.556. The standard InChI is InChI=1S/C22H37N3O3S/c1-4-25(5-2)29(27,28)21-12-9-20(10-13-21)11-14-22(26)23-15-7-17-24-16-6-8-19(3)18-24/h9-10,12-13,19H,4-8,11,14-18H2,1-3H3,(H,23,26). The van der Waals surface area contributed by atoms with Crippen molar-refractivity contribution in [1.82, 2.24) is 14.5 Å². The highest BCUT2D eigenvalue weighted by atomic mass is 32.2. The predicted octanol–water partition coefficient (Wildman–Crippen LogP) is 2.89. The minimum absolute atomic E-state index is 0.0526. The number of sulfonamides is 1. The topological polar surface area (TPSA) is 69.7 Å². The number of piperidine rings is 1. The number of benzene rings is 1. The normalized spacial score (nSPS) is 18.1. The zero-order valence-corrected chi connectivity index (χ0v) is 19.0. The lowest BCUT2D eigenvalue weighted by Gasteiger charge is -2.30. The van der Waals surface area contributed by atoms with E-state index in [0.29, 0.717) is 37.4 Å². The number of rotatable bonds is 11. The molecule has 1 aromatic carbocycles. The third-order valence-electron chi connectivity index (χ3n) is 5.62. The van der Waals surface area contributed by atoms with E-state index in [9.17, 15) is 13.2 Å². The van der Waals surface area contributed by atoms with Crippen LogP contribution in [0.15, 0.2) is 29.2 Å². The van der Waals surface area contributed by atoms with Gasteiger partial charge in [0.05, 0.1) is 4.90 Å². The highest BCUT2D eigenvalue weighted by Crippen LogP contribution is 2.17. The second kappa shape index (κ2) is 11.7. The van der Waals surface area contributed by atoms with Crippen LogP contribution in [0.1, 0.15) is 52.0 Å². The summed E-state index contributed by atoms with van der Waals surface area (Å²) in [6, 6.07) is 6.89. The van der Waals surface area contributed by atoms with Gasteiger partial charge in [0.2, 0.25) is 15.9 Å². The second-order valence-electron chi connectivity index (χ2n) is 7.98. The van der Waals surface area contributed by atoms with Gasteiger partial charge in [-0.25, -0.2) is 8.42 Å². The van der Waals surface area contributed by atoms with Gasteiger partial charge in [-0.1, -0.05) is 32.9 Å². The Labute approximate surface area is 176 Å². The number of likely N-dealkylation sites (tertiary alicyclic amines) is 1. The van der Waals surface area contributed by atoms with Gasteiger partial charge in [-0.3, -0.25) is 4.79 Å². The molecule has 0 aliphatic carbocycles. The van der Waals surface area contributed by atoms with Crippen LogP contribution in [-0.4, -0.2) is 62.8 Å². The Morgan fingerprint density at radius 1 is 1.21 bits per heavy atom. The molecule has 1 aliphatic heterocycles. The van der Waals surface area contributed by atoms with Crippen LogP contribution in [0.4, 0.5) is 0 Å². The van der Waals surface area contributed by atoms with E-state index < -0.39 is 10.0 Å². The van der Waals surface area contributed by atoms with Crippen molar-refractivity contribution >= 4 is 15.9 Å². The van der Waals surface area contributed by atoms with Gasteiger partial charge in [0, 0.05) is 32.6 Å². The van der Waals surface area contributed by atoms with Crippen LogP contribution in [0.5, 0.6) is 0 Å². The molecule has 1 aliphatic rings. The first-order valence-corrected chi connectivity index (χ1v) is 12.4. The Hall–Kier alpha value is -1.44. The lowest BCUT2D eigenvalue weighted by atomic mass is 10.0. The zero-order chi connectivity index (χ0) is 21.3. The number of amides is 1. The van der Waals surface area contributed by atoms with Crippen molar-refractivity contribution in [3.05, 3.63) is 29.8 Å². The van der Waals surface area contributed by atoms with Crippen LogP contribution >= 0.6 is 0 Å². The summed E-state index contributed by atoms with van der Waals surface area (Å²) in [5, 5.41) is 3.00. The van der Waals surface area contributed by atoms with Gasteiger partial charge in [0.25, 0.3) is 0 Å². The number of aryl methyl sites for hydroxylation is 1. The Morgan fingerprint density at radius 3 is 2.52 bits per heavy atom. The monoisotopic (exact) mass is 423 g/mol.